The Hall–Kier alpha value is -2.34. The van der Waals surface area contributed by atoms with Gasteiger partial charge in [0, 0.05) is 29.6 Å². The molecule has 2 aromatic heterocycles. The van der Waals surface area contributed by atoms with Gasteiger partial charge >= 0.3 is 5.97 Å². The topological polar surface area (TPSA) is 83.8 Å². The van der Waals surface area contributed by atoms with Crippen LogP contribution in [0.4, 0.5) is 0 Å². The molecule has 3 rings (SSSR count). The molecule has 2 heterocycles. The lowest BCUT2D eigenvalue weighted by atomic mass is 9.86. The summed E-state index contributed by atoms with van der Waals surface area (Å²) in [7, 11) is 1.74. The fourth-order valence-corrected chi connectivity index (χ4v) is 3.74. The van der Waals surface area contributed by atoms with E-state index in [0.29, 0.717) is 23.6 Å². The number of benzene rings is 1. The Bertz CT molecular complexity index is 995. The average molecular weight is 375 g/mol. The zero-order chi connectivity index (χ0) is 19.2. The van der Waals surface area contributed by atoms with Crippen molar-refractivity contribution in [2.24, 2.45) is 7.05 Å². The molecule has 0 saturated carbocycles. The Balaban J connectivity index is 1.93. The van der Waals surface area contributed by atoms with Crippen LogP contribution in [0.25, 0.3) is 10.9 Å². The molecule has 0 spiro atoms. The van der Waals surface area contributed by atoms with Gasteiger partial charge in [-0.2, -0.15) is 5.10 Å². The third-order valence-corrected chi connectivity index (χ3v) is 5.01. The number of aromatic carboxylic acids is 1. The maximum Gasteiger partial charge on any atom is 0.354 e. The normalized spacial score (nSPS) is 12.1. The number of nitrogens with zero attached hydrogens (tertiary/aromatic N) is 3. The molecule has 1 aromatic carbocycles. The molecule has 0 aliphatic carbocycles. The first kappa shape index (κ1) is 18.5. The molecule has 0 amide bonds. The smallest absolute Gasteiger partial charge is 0.354 e. The second kappa shape index (κ2) is 6.43. The number of imidazole rings is 1. The fraction of sp³-hybridized carbons (Fsp3) is 0.421. The van der Waals surface area contributed by atoms with E-state index in [9.17, 15) is 9.90 Å². The molecule has 0 radical (unpaired) electrons. The Morgan fingerprint density at radius 3 is 2.58 bits per heavy atom. The van der Waals surface area contributed by atoms with Crippen LogP contribution in [0.5, 0.6) is 0 Å². The van der Waals surface area contributed by atoms with E-state index in [1.807, 2.05) is 6.07 Å². The quantitative estimate of drug-likeness (QED) is 0.721. The van der Waals surface area contributed by atoms with E-state index < -0.39 is 5.97 Å². The van der Waals surface area contributed by atoms with E-state index in [2.05, 4.69) is 42.0 Å². The molecule has 138 valence electrons. The van der Waals surface area contributed by atoms with Gasteiger partial charge in [0.2, 0.25) is 0 Å². The summed E-state index contributed by atoms with van der Waals surface area (Å²) in [6.45, 7) is 8.11. The van der Waals surface area contributed by atoms with Crippen molar-refractivity contribution in [3.63, 3.8) is 0 Å². The summed E-state index contributed by atoms with van der Waals surface area (Å²) in [4.78, 5) is 15.7. The molecule has 6 nitrogen and oxygen atoms in total. The number of hydrogen-bond donors (Lipinski definition) is 2. The van der Waals surface area contributed by atoms with Gasteiger partial charge in [0.15, 0.2) is 0 Å². The van der Waals surface area contributed by atoms with Gasteiger partial charge in [-0.25, -0.2) is 9.78 Å². The van der Waals surface area contributed by atoms with Crippen LogP contribution < -0.4 is 0 Å². The Morgan fingerprint density at radius 1 is 1.31 bits per heavy atom. The third kappa shape index (κ3) is 3.21. The van der Waals surface area contributed by atoms with Crippen LogP contribution >= 0.6 is 11.6 Å². The number of carboxylic acids is 1. The van der Waals surface area contributed by atoms with Gasteiger partial charge in [-0.3, -0.25) is 5.10 Å². The number of hydrogen-bond acceptors (Lipinski definition) is 3. The van der Waals surface area contributed by atoms with Gasteiger partial charge in [-0.05, 0) is 36.5 Å². The van der Waals surface area contributed by atoms with Crippen LogP contribution in [-0.4, -0.2) is 30.8 Å². The molecule has 0 saturated heterocycles. The highest BCUT2D eigenvalue weighted by molar-refractivity contribution is 6.32. The van der Waals surface area contributed by atoms with Crippen LogP contribution in [0, 0.1) is 6.92 Å². The maximum absolute atomic E-state index is 11.3. The van der Waals surface area contributed by atoms with Crippen LogP contribution in [0.15, 0.2) is 12.1 Å². The molecule has 2 N–H and O–H groups in total. The second-order valence-electron chi connectivity index (χ2n) is 7.63. The zero-order valence-electron chi connectivity index (χ0n) is 15.6. The lowest BCUT2D eigenvalue weighted by Gasteiger charge is -2.20. The SMILES string of the molecule is Cc1nc(CCc2[nH]nc3cc(Cl)c(C(C)(C)C)cc23)n(C)c1C(=O)O. The summed E-state index contributed by atoms with van der Waals surface area (Å²) in [5.74, 6) is -0.215. The predicted octanol–water partition coefficient (Wildman–Crippen LogP) is 4.04. The number of carbonyl (C=O) groups is 1. The lowest BCUT2D eigenvalue weighted by Crippen LogP contribution is -2.11. The van der Waals surface area contributed by atoms with Crippen LogP contribution in [0.2, 0.25) is 5.02 Å². The number of fused-ring (bicyclic) bond motifs is 1. The van der Waals surface area contributed by atoms with Crippen molar-refractivity contribution in [2.45, 2.75) is 46.0 Å². The molecule has 0 aliphatic heterocycles. The van der Waals surface area contributed by atoms with E-state index in [0.717, 1.165) is 28.0 Å². The highest BCUT2D eigenvalue weighted by atomic mass is 35.5. The summed E-state index contributed by atoms with van der Waals surface area (Å²) in [6, 6.07) is 3.99. The summed E-state index contributed by atoms with van der Waals surface area (Å²) in [5, 5.41) is 18.5. The number of rotatable bonds is 4. The molecule has 0 atom stereocenters. The summed E-state index contributed by atoms with van der Waals surface area (Å²) in [6.07, 6.45) is 1.31. The van der Waals surface area contributed by atoms with Crippen LogP contribution in [0.1, 0.15) is 54.0 Å². The van der Waals surface area contributed by atoms with Gasteiger partial charge < -0.3 is 9.67 Å². The van der Waals surface area contributed by atoms with E-state index in [1.54, 1.807) is 18.5 Å². The van der Waals surface area contributed by atoms with Crippen molar-refractivity contribution in [3.05, 3.63) is 45.6 Å². The third-order valence-electron chi connectivity index (χ3n) is 4.69. The standard InChI is InChI=1S/C19H23ClN4O2/c1-10-17(18(25)26)24(5)16(21-10)7-6-14-11-8-12(19(2,3)4)13(20)9-15(11)23-22-14/h8-9H,6-7H2,1-5H3,(H,22,23)(H,25,26). The number of carboxylic acid groups (broad SMARTS) is 1. The van der Waals surface area contributed by atoms with E-state index in [-0.39, 0.29) is 11.1 Å². The highest BCUT2D eigenvalue weighted by Gasteiger charge is 2.21. The summed E-state index contributed by atoms with van der Waals surface area (Å²) >= 11 is 6.42. The van der Waals surface area contributed by atoms with E-state index >= 15 is 0 Å². The van der Waals surface area contributed by atoms with Gasteiger partial charge in [0.25, 0.3) is 0 Å². The number of halogens is 1. The van der Waals surface area contributed by atoms with Crippen molar-refractivity contribution < 1.29 is 9.90 Å². The minimum atomic E-state index is -0.958. The van der Waals surface area contributed by atoms with Crippen LogP contribution in [-0.2, 0) is 25.3 Å². The number of aromatic amines is 1. The van der Waals surface area contributed by atoms with Crippen molar-refractivity contribution in [1.82, 2.24) is 19.7 Å². The van der Waals surface area contributed by atoms with Gasteiger partial charge in [-0.15, -0.1) is 0 Å². The first-order chi connectivity index (χ1) is 12.1. The minimum absolute atomic E-state index is 0.0625. The minimum Gasteiger partial charge on any atom is -0.477 e. The predicted molar refractivity (Wildman–Crippen MR) is 102 cm³/mol. The average Bonchev–Trinajstić information content (AvgIpc) is 3.03. The fourth-order valence-electron chi connectivity index (χ4n) is 3.30. The lowest BCUT2D eigenvalue weighted by molar-refractivity contribution is 0.0685. The molecule has 0 aliphatic rings. The molecule has 3 aromatic rings. The Kier molecular flexibility index (Phi) is 4.56. The molecular formula is C19H23ClN4O2. The second-order valence-corrected chi connectivity index (χ2v) is 8.03. The Labute approximate surface area is 157 Å². The number of nitrogens with one attached hydrogen (secondary N) is 1. The van der Waals surface area contributed by atoms with Crippen molar-refractivity contribution in [2.75, 3.05) is 0 Å². The molecule has 26 heavy (non-hydrogen) atoms. The monoisotopic (exact) mass is 374 g/mol. The van der Waals surface area contributed by atoms with Crippen molar-refractivity contribution in [1.29, 1.82) is 0 Å². The van der Waals surface area contributed by atoms with Gasteiger partial charge in [0.1, 0.15) is 11.5 Å². The molecule has 7 heteroatoms. The largest absolute Gasteiger partial charge is 0.477 e. The first-order valence-electron chi connectivity index (χ1n) is 8.52. The first-order valence-corrected chi connectivity index (χ1v) is 8.90. The van der Waals surface area contributed by atoms with Gasteiger partial charge in [-0.1, -0.05) is 32.4 Å². The zero-order valence-corrected chi connectivity index (χ0v) is 16.4. The van der Waals surface area contributed by atoms with Crippen molar-refractivity contribution in [3.8, 4) is 0 Å². The maximum atomic E-state index is 11.3. The Morgan fingerprint density at radius 2 is 2.00 bits per heavy atom. The number of aryl methyl sites for hydroxylation is 3. The molecule has 0 bridgehead atoms. The summed E-state index contributed by atoms with van der Waals surface area (Å²) in [5.41, 5.74) is 3.62. The van der Waals surface area contributed by atoms with E-state index in [1.165, 1.54) is 0 Å². The number of aromatic nitrogens is 4. The van der Waals surface area contributed by atoms with E-state index in [4.69, 9.17) is 11.6 Å². The molecule has 0 unspecified atom stereocenters. The van der Waals surface area contributed by atoms with Crippen LogP contribution in [0.3, 0.4) is 0 Å². The summed E-state index contributed by atoms with van der Waals surface area (Å²) < 4.78 is 1.65. The molecule has 0 fully saturated rings. The van der Waals surface area contributed by atoms with Crippen molar-refractivity contribution >= 4 is 28.5 Å². The molecular weight excluding hydrogens is 352 g/mol. The van der Waals surface area contributed by atoms with Gasteiger partial charge in [0.05, 0.1) is 11.2 Å². The highest BCUT2D eigenvalue weighted by Crippen LogP contribution is 2.33. The number of H-pyrrole nitrogens is 1.